The summed E-state index contributed by atoms with van der Waals surface area (Å²) in [5.41, 5.74) is 4.52. The maximum atomic E-state index is 12.9. The van der Waals surface area contributed by atoms with Crippen LogP contribution in [0.3, 0.4) is 0 Å². The van der Waals surface area contributed by atoms with Crippen LogP contribution in [0, 0.1) is 0 Å². The fraction of sp³-hybridized carbons (Fsp3) is 0.250. The molecule has 1 fully saturated rings. The molecule has 0 bridgehead atoms. The second-order valence-corrected chi connectivity index (χ2v) is 6.53. The van der Waals surface area contributed by atoms with Gasteiger partial charge in [-0.3, -0.25) is 19.7 Å². The Kier molecular flexibility index (Phi) is 3.95. The van der Waals surface area contributed by atoms with Crippen molar-refractivity contribution in [3.63, 3.8) is 0 Å². The highest BCUT2D eigenvalue weighted by molar-refractivity contribution is 6.06. The number of amides is 3. The molecule has 2 N–H and O–H groups in total. The Morgan fingerprint density at radius 3 is 2.50 bits per heavy atom. The molecule has 2 aliphatic rings. The van der Waals surface area contributed by atoms with Crippen molar-refractivity contribution >= 4 is 23.4 Å². The summed E-state index contributed by atoms with van der Waals surface area (Å²) >= 11 is 0. The van der Waals surface area contributed by atoms with E-state index in [9.17, 15) is 14.4 Å². The number of imide groups is 1. The summed E-state index contributed by atoms with van der Waals surface area (Å²) < 4.78 is 0. The number of hydrogen-bond acceptors (Lipinski definition) is 4. The summed E-state index contributed by atoms with van der Waals surface area (Å²) in [5, 5.41) is 5.52. The van der Waals surface area contributed by atoms with Crippen molar-refractivity contribution in [2.45, 2.75) is 25.4 Å². The summed E-state index contributed by atoms with van der Waals surface area (Å²) in [6.45, 7) is 0.370. The summed E-state index contributed by atoms with van der Waals surface area (Å²) in [4.78, 5) is 38.1. The topological polar surface area (TPSA) is 78.5 Å². The van der Waals surface area contributed by atoms with Crippen molar-refractivity contribution in [3.8, 4) is 11.1 Å². The fourth-order valence-corrected chi connectivity index (χ4v) is 3.77. The highest BCUT2D eigenvalue weighted by Gasteiger charge is 2.39. The van der Waals surface area contributed by atoms with Crippen molar-refractivity contribution in [1.82, 2.24) is 10.2 Å². The molecule has 3 amide bonds. The average molecular weight is 349 g/mol. The minimum atomic E-state index is -0.597. The predicted octanol–water partition coefficient (Wildman–Crippen LogP) is 2.16. The van der Waals surface area contributed by atoms with E-state index in [0.717, 1.165) is 22.4 Å². The van der Waals surface area contributed by atoms with Crippen LogP contribution in [-0.4, -0.2) is 35.7 Å². The van der Waals surface area contributed by atoms with Gasteiger partial charge in [-0.2, -0.15) is 0 Å². The molecule has 1 atom stereocenters. The smallest absolute Gasteiger partial charge is 0.255 e. The van der Waals surface area contributed by atoms with Crippen LogP contribution in [0.1, 0.15) is 28.8 Å². The van der Waals surface area contributed by atoms with E-state index in [4.69, 9.17) is 0 Å². The molecule has 2 aliphatic heterocycles. The van der Waals surface area contributed by atoms with E-state index in [0.29, 0.717) is 18.5 Å². The van der Waals surface area contributed by atoms with Crippen LogP contribution < -0.4 is 10.6 Å². The molecule has 2 aromatic carbocycles. The van der Waals surface area contributed by atoms with E-state index in [2.05, 4.69) is 10.6 Å². The molecule has 1 saturated heterocycles. The molecule has 0 radical (unpaired) electrons. The zero-order valence-electron chi connectivity index (χ0n) is 14.4. The SMILES string of the molecule is CNc1ccccc1-c1cccc2c1CN(C1CCC(=O)NC1=O)C2=O. The fourth-order valence-electron chi connectivity index (χ4n) is 3.77. The van der Waals surface area contributed by atoms with E-state index in [-0.39, 0.29) is 24.1 Å². The third-order valence-electron chi connectivity index (χ3n) is 5.07. The molecular formula is C20H19N3O3. The molecule has 0 aromatic heterocycles. The van der Waals surface area contributed by atoms with Gasteiger partial charge >= 0.3 is 0 Å². The molecule has 0 saturated carbocycles. The lowest BCUT2D eigenvalue weighted by molar-refractivity contribution is -0.136. The lowest BCUT2D eigenvalue weighted by Crippen LogP contribution is -2.52. The number of nitrogens with zero attached hydrogens (tertiary/aromatic N) is 1. The Morgan fingerprint density at radius 2 is 1.73 bits per heavy atom. The van der Waals surface area contributed by atoms with Gasteiger partial charge < -0.3 is 10.2 Å². The average Bonchev–Trinajstić information content (AvgIpc) is 2.98. The van der Waals surface area contributed by atoms with E-state index in [1.165, 1.54) is 0 Å². The van der Waals surface area contributed by atoms with E-state index >= 15 is 0 Å². The molecule has 2 aromatic rings. The number of fused-ring (bicyclic) bond motifs is 1. The van der Waals surface area contributed by atoms with Gasteiger partial charge in [-0.05, 0) is 29.7 Å². The van der Waals surface area contributed by atoms with E-state index < -0.39 is 6.04 Å². The summed E-state index contributed by atoms with van der Waals surface area (Å²) in [6.07, 6.45) is 0.624. The molecule has 1 unspecified atom stereocenters. The molecule has 2 heterocycles. The predicted molar refractivity (Wildman–Crippen MR) is 97.5 cm³/mol. The van der Waals surface area contributed by atoms with Gasteiger partial charge in [0.1, 0.15) is 6.04 Å². The Morgan fingerprint density at radius 1 is 1.00 bits per heavy atom. The normalized spacial score (nSPS) is 19.3. The number of carbonyl (C=O) groups is 3. The van der Waals surface area contributed by atoms with Crippen molar-refractivity contribution in [1.29, 1.82) is 0 Å². The molecule has 4 rings (SSSR count). The van der Waals surface area contributed by atoms with Crippen LogP contribution in [0.2, 0.25) is 0 Å². The molecule has 0 aliphatic carbocycles. The molecular weight excluding hydrogens is 330 g/mol. The minimum Gasteiger partial charge on any atom is -0.388 e. The van der Waals surface area contributed by atoms with Crippen molar-refractivity contribution < 1.29 is 14.4 Å². The Labute approximate surface area is 151 Å². The Bertz CT molecular complexity index is 922. The number of rotatable bonds is 3. The first kappa shape index (κ1) is 16.3. The van der Waals surface area contributed by atoms with Crippen molar-refractivity contribution in [2.75, 3.05) is 12.4 Å². The zero-order valence-corrected chi connectivity index (χ0v) is 14.4. The van der Waals surface area contributed by atoms with Gasteiger partial charge in [0.2, 0.25) is 11.8 Å². The maximum absolute atomic E-state index is 12.9. The van der Waals surface area contributed by atoms with Gasteiger partial charge in [-0.15, -0.1) is 0 Å². The largest absolute Gasteiger partial charge is 0.388 e. The van der Waals surface area contributed by atoms with Crippen LogP contribution in [0.15, 0.2) is 42.5 Å². The van der Waals surface area contributed by atoms with Crippen LogP contribution >= 0.6 is 0 Å². The molecule has 6 nitrogen and oxygen atoms in total. The van der Waals surface area contributed by atoms with E-state index in [1.807, 2.05) is 43.4 Å². The van der Waals surface area contributed by atoms with Crippen LogP contribution in [0.5, 0.6) is 0 Å². The van der Waals surface area contributed by atoms with Gasteiger partial charge in [-0.25, -0.2) is 0 Å². The van der Waals surface area contributed by atoms with Gasteiger partial charge in [-0.1, -0.05) is 30.3 Å². The third-order valence-corrected chi connectivity index (χ3v) is 5.07. The summed E-state index contributed by atoms with van der Waals surface area (Å²) in [7, 11) is 1.86. The van der Waals surface area contributed by atoms with Gasteiger partial charge in [0.15, 0.2) is 0 Å². The van der Waals surface area contributed by atoms with Gasteiger partial charge in [0.25, 0.3) is 5.91 Å². The number of carbonyl (C=O) groups excluding carboxylic acids is 3. The van der Waals surface area contributed by atoms with Crippen LogP contribution in [-0.2, 0) is 16.1 Å². The monoisotopic (exact) mass is 349 g/mol. The lowest BCUT2D eigenvalue weighted by atomic mass is 9.96. The van der Waals surface area contributed by atoms with Crippen LogP contribution in [0.25, 0.3) is 11.1 Å². The maximum Gasteiger partial charge on any atom is 0.255 e. The quantitative estimate of drug-likeness (QED) is 0.833. The number of para-hydroxylation sites is 1. The second kappa shape index (κ2) is 6.29. The minimum absolute atomic E-state index is 0.154. The molecule has 6 heteroatoms. The first-order chi connectivity index (χ1) is 12.6. The second-order valence-electron chi connectivity index (χ2n) is 6.53. The van der Waals surface area contributed by atoms with Crippen LogP contribution in [0.4, 0.5) is 5.69 Å². The number of nitrogens with one attached hydrogen (secondary N) is 2. The molecule has 132 valence electrons. The van der Waals surface area contributed by atoms with Gasteiger partial charge in [0.05, 0.1) is 0 Å². The first-order valence-electron chi connectivity index (χ1n) is 8.64. The number of hydrogen-bond donors (Lipinski definition) is 2. The van der Waals surface area contributed by atoms with Crippen molar-refractivity contribution in [2.24, 2.45) is 0 Å². The highest BCUT2D eigenvalue weighted by atomic mass is 16.2. The van der Waals surface area contributed by atoms with Gasteiger partial charge in [0, 0.05) is 36.8 Å². The zero-order chi connectivity index (χ0) is 18.3. The molecule has 0 spiro atoms. The molecule has 26 heavy (non-hydrogen) atoms. The number of piperidine rings is 1. The lowest BCUT2D eigenvalue weighted by Gasteiger charge is -2.29. The number of anilines is 1. The van der Waals surface area contributed by atoms with Crippen molar-refractivity contribution in [3.05, 3.63) is 53.6 Å². The Balaban J connectivity index is 1.73. The third kappa shape index (κ3) is 2.54. The summed E-state index contributed by atoms with van der Waals surface area (Å²) in [6, 6.07) is 13.0. The first-order valence-corrected chi connectivity index (χ1v) is 8.64. The highest BCUT2D eigenvalue weighted by Crippen LogP contribution is 2.37. The van der Waals surface area contributed by atoms with E-state index in [1.54, 1.807) is 11.0 Å². The standard InChI is InChI=1S/C20H19N3O3/c1-21-16-8-3-2-5-13(16)12-6-4-7-14-15(12)11-23(20(14)26)17-9-10-18(24)22-19(17)25/h2-8,17,21H,9-11H2,1H3,(H,22,24,25). The Hall–Kier alpha value is -3.15. The summed E-state index contributed by atoms with van der Waals surface area (Å²) in [5.74, 6) is -0.822. The number of benzene rings is 2.